The third-order valence-corrected chi connectivity index (χ3v) is 3.50. The largest absolute Gasteiger partial charge is 0.370 e. The first-order valence-corrected chi connectivity index (χ1v) is 6.49. The number of carbonyl (C=O) groups is 2. The monoisotopic (exact) mass is 282 g/mol. The van der Waals surface area contributed by atoms with Gasteiger partial charge in [0.2, 0.25) is 5.91 Å². The maximum atomic E-state index is 13.1. The van der Waals surface area contributed by atoms with E-state index in [9.17, 15) is 18.4 Å². The highest BCUT2D eigenvalue weighted by Gasteiger charge is 2.25. The van der Waals surface area contributed by atoms with Crippen molar-refractivity contribution in [2.45, 2.75) is 19.3 Å². The number of hydrogen-bond acceptors (Lipinski definition) is 2. The van der Waals surface area contributed by atoms with Gasteiger partial charge in [0.15, 0.2) is 0 Å². The van der Waals surface area contributed by atoms with E-state index in [2.05, 4.69) is 0 Å². The minimum absolute atomic E-state index is 0.0100. The summed E-state index contributed by atoms with van der Waals surface area (Å²) >= 11 is 0. The first-order valence-electron chi connectivity index (χ1n) is 6.49. The number of amides is 2. The molecule has 108 valence electrons. The predicted molar refractivity (Wildman–Crippen MR) is 68.8 cm³/mol. The molecule has 1 aromatic rings. The molecule has 0 unspecified atom stereocenters. The summed E-state index contributed by atoms with van der Waals surface area (Å²) < 4.78 is 26.2. The highest BCUT2D eigenvalue weighted by atomic mass is 19.1. The van der Waals surface area contributed by atoms with E-state index in [-0.39, 0.29) is 23.3 Å². The van der Waals surface area contributed by atoms with Crippen LogP contribution in [0.1, 0.15) is 29.6 Å². The molecule has 2 amide bonds. The molecular formula is C14H16F2N2O2. The van der Waals surface area contributed by atoms with E-state index in [1.807, 2.05) is 0 Å². The van der Waals surface area contributed by atoms with Gasteiger partial charge in [0, 0.05) is 31.1 Å². The molecule has 0 radical (unpaired) electrons. The van der Waals surface area contributed by atoms with E-state index in [1.165, 1.54) is 0 Å². The van der Waals surface area contributed by atoms with Crippen LogP contribution in [0.3, 0.4) is 0 Å². The van der Waals surface area contributed by atoms with E-state index in [4.69, 9.17) is 5.73 Å². The average molecular weight is 282 g/mol. The Kier molecular flexibility index (Phi) is 4.32. The lowest BCUT2D eigenvalue weighted by Gasteiger charge is -2.31. The minimum Gasteiger partial charge on any atom is -0.370 e. The van der Waals surface area contributed by atoms with Crippen LogP contribution in [0.2, 0.25) is 0 Å². The molecule has 2 rings (SSSR count). The van der Waals surface area contributed by atoms with Crippen LogP contribution in [0.5, 0.6) is 0 Å². The van der Waals surface area contributed by atoms with E-state index >= 15 is 0 Å². The zero-order valence-corrected chi connectivity index (χ0v) is 10.9. The minimum atomic E-state index is -0.767. The van der Waals surface area contributed by atoms with Gasteiger partial charge in [-0.2, -0.15) is 0 Å². The fraction of sp³-hybridized carbons (Fsp3) is 0.429. The molecule has 0 bridgehead atoms. The third kappa shape index (κ3) is 3.53. The second-order valence-electron chi connectivity index (χ2n) is 5.06. The molecule has 2 N–H and O–H groups in total. The Bertz CT molecular complexity index is 506. The lowest BCUT2D eigenvalue weighted by molar-refractivity contribution is -0.119. The van der Waals surface area contributed by atoms with Crippen LogP contribution in [0, 0.1) is 17.6 Å². The Morgan fingerprint density at radius 2 is 1.70 bits per heavy atom. The van der Waals surface area contributed by atoms with Gasteiger partial charge in [0.25, 0.3) is 5.91 Å². The summed E-state index contributed by atoms with van der Waals surface area (Å²) in [5, 5.41) is 0. The molecule has 20 heavy (non-hydrogen) atoms. The van der Waals surface area contributed by atoms with Crippen molar-refractivity contribution in [1.82, 2.24) is 4.90 Å². The highest BCUT2D eigenvalue weighted by Crippen LogP contribution is 2.22. The number of carbonyl (C=O) groups excluding carboxylic acids is 2. The van der Waals surface area contributed by atoms with Crippen molar-refractivity contribution < 1.29 is 18.4 Å². The summed E-state index contributed by atoms with van der Waals surface area (Å²) in [5.41, 5.74) is 5.15. The second kappa shape index (κ2) is 5.98. The fourth-order valence-corrected chi connectivity index (χ4v) is 2.48. The van der Waals surface area contributed by atoms with Gasteiger partial charge in [-0.25, -0.2) is 8.78 Å². The summed E-state index contributed by atoms with van der Waals surface area (Å²) in [7, 11) is 0. The maximum Gasteiger partial charge on any atom is 0.254 e. The SMILES string of the molecule is NC(=O)CC1CCN(C(=O)c2cc(F)cc(F)c2)CC1. The number of primary amides is 1. The maximum absolute atomic E-state index is 13.1. The van der Waals surface area contributed by atoms with Gasteiger partial charge in [-0.1, -0.05) is 0 Å². The van der Waals surface area contributed by atoms with Gasteiger partial charge in [-0.15, -0.1) is 0 Å². The van der Waals surface area contributed by atoms with Gasteiger partial charge in [0.05, 0.1) is 0 Å². The third-order valence-electron chi connectivity index (χ3n) is 3.50. The second-order valence-corrected chi connectivity index (χ2v) is 5.06. The van der Waals surface area contributed by atoms with E-state index in [1.54, 1.807) is 4.90 Å². The van der Waals surface area contributed by atoms with Crippen molar-refractivity contribution in [1.29, 1.82) is 0 Å². The van der Waals surface area contributed by atoms with Crippen LogP contribution < -0.4 is 5.73 Å². The average Bonchev–Trinajstić information content (AvgIpc) is 2.37. The van der Waals surface area contributed by atoms with Crippen molar-refractivity contribution in [3.8, 4) is 0 Å². The summed E-state index contributed by atoms with van der Waals surface area (Å²) in [6, 6.07) is 2.79. The molecule has 1 saturated heterocycles. The number of benzene rings is 1. The molecule has 1 aromatic carbocycles. The van der Waals surface area contributed by atoms with Crippen molar-refractivity contribution in [2.24, 2.45) is 11.7 Å². The summed E-state index contributed by atoms with van der Waals surface area (Å²) in [6.07, 6.45) is 1.66. The zero-order chi connectivity index (χ0) is 14.7. The molecule has 0 saturated carbocycles. The molecule has 1 heterocycles. The Morgan fingerprint density at radius 3 is 2.20 bits per heavy atom. The van der Waals surface area contributed by atoms with Crippen molar-refractivity contribution in [3.63, 3.8) is 0 Å². The number of nitrogens with two attached hydrogens (primary N) is 1. The standard InChI is InChI=1S/C14H16F2N2O2/c15-11-6-10(7-12(16)8-11)14(20)18-3-1-9(2-4-18)5-13(17)19/h6-9H,1-5H2,(H2,17,19). The van der Waals surface area contributed by atoms with E-state index < -0.39 is 11.6 Å². The highest BCUT2D eigenvalue weighted by molar-refractivity contribution is 5.94. The Labute approximate surface area is 115 Å². The lowest BCUT2D eigenvalue weighted by Crippen LogP contribution is -2.39. The van der Waals surface area contributed by atoms with Gasteiger partial charge in [-0.05, 0) is 30.9 Å². The van der Waals surface area contributed by atoms with Gasteiger partial charge in [-0.3, -0.25) is 9.59 Å². The van der Waals surface area contributed by atoms with E-state index in [0.29, 0.717) is 32.4 Å². The first-order chi connectivity index (χ1) is 9.45. The quantitative estimate of drug-likeness (QED) is 0.917. The van der Waals surface area contributed by atoms with Crippen LogP contribution in [0.25, 0.3) is 0 Å². The number of rotatable bonds is 3. The van der Waals surface area contributed by atoms with Crippen LogP contribution >= 0.6 is 0 Å². The number of halogens is 2. The topological polar surface area (TPSA) is 63.4 Å². The lowest BCUT2D eigenvalue weighted by atomic mass is 9.93. The molecule has 6 heteroatoms. The van der Waals surface area contributed by atoms with Gasteiger partial charge in [0.1, 0.15) is 11.6 Å². The summed E-state index contributed by atoms with van der Waals surface area (Å²) in [5.74, 6) is -2.09. The fourth-order valence-electron chi connectivity index (χ4n) is 2.48. The van der Waals surface area contributed by atoms with Crippen LogP contribution in [-0.2, 0) is 4.79 Å². The smallest absolute Gasteiger partial charge is 0.254 e. The van der Waals surface area contributed by atoms with Crippen LogP contribution in [0.15, 0.2) is 18.2 Å². The molecule has 1 aliphatic rings. The molecule has 1 fully saturated rings. The summed E-state index contributed by atoms with van der Waals surface area (Å²) in [4.78, 5) is 24.5. The number of hydrogen-bond donors (Lipinski definition) is 1. The summed E-state index contributed by atoms with van der Waals surface area (Å²) in [6.45, 7) is 0.934. The van der Waals surface area contributed by atoms with Crippen molar-refractivity contribution >= 4 is 11.8 Å². The van der Waals surface area contributed by atoms with E-state index in [0.717, 1.165) is 18.2 Å². The zero-order valence-electron chi connectivity index (χ0n) is 10.9. The molecule has 4 nitrogen and oxygen atoms in total. The number of piperidine rings is 1. The Balaban J connectivity index is 1.99. The predicted octanol–water partition coefficient (Wildman–Crippen LogP) is 1.69. The Morgan fingerprint density at radius 1 is 1.15 bits per heavy atom. The molecular weight excluding hydrogens is 266 g/mol. The van der Waals surface area contributed by atoms with Crippen LogP contribution in [-0.4, -0.2) is 29.8 Å². The van der Waals surface area contributed by atoms with Gasteiger partial charge >= 0.3 is 0 Å². The molecule has 0 atom stereocenters. The van der Waals surface area contributed by atoms with Crippen molar-refractivity contribution in [3.05, 3.63) is 35.4 Å². The number of likely N-dealkylation sites (tertiary alicyclic amines) is 1. The normalized spacial score (nSPS) is 16.2. The molecule has 0 spiro atoms. The number of nitrogens with zero attached hydrogens (tertiary/aromatic N) is 1. The van der Waals surface area contributed by atoms with Gasteiger partial charge < -0.3 is 10.6 Å². The van der Waals surface area contributed by atoms with Crippen LogP contribution in [0.4, 0.5) is 8.78 Å². The molecule has 1 aliphatic heterocycles. The molecule has 0 aliphatic carbocycles. The molecule has 0 aromatic heterocycles. The Hall–Kier alpha value is -1.98. The first kappa shape index (κ1) is 14.4. The van der Waals surface area contributed by atoms with Crippen molar-refractivity contribution in [2.75, 3.05) is 13.1 Å².